The summed E-state index contributed by atoms with van der Waals surface area (Å²) in [5.74, 6) is 0.971. The maximum absolute atomic E-state index is 6.58. The third kappa shape index (κ3) is 3.80. The van der Waals surface area contributed by atoms with E-state index in [1.165, 1.54) is 11.3 Å². The fourth-order valence-electron chi connectivity index (χ4n) is 4.49. The van der Waals surface area contributed by atoms with Gasteiger partial charge in [0.25, 0.3) is 0 Å². The molecule has 2 heterocycles. The number of nitrogens with two attached hydrogens (primary N) is 1. The van der Waals surface area contributed by atoms with Gasteiger partial charge in [0.15, 0.2) is 0 Å². The zero-order chi connectivity index (χ0) is 22.1. The largest absolute Gasteiger partial charge is 0.361 e. The van der Waals surface area contributed by atoms with Crippen molar-refractivity contribution in [2.24, 2.45) is 10.7 Å². The van der Waals surface area contributed by atoms with E-state index in [1.807, 2.05) is 19.2 Å². The second-order valence-corrected chi connectivity index (χ2v) is 8.27. The zero-order valence-corrected chi connectivity index (χ0v) is 19.2. The molecule has 0 radical (unpaired) electrons. The highest BCUT2D eigenvalue weighted by atomic mass is 35.5. The molecule has 6 nitrogen and oxygen atoms in total. The molecule has 2 N–H and O–H groups in total. The highest BCUT2D eigenvalue weighted by molar-refractivity contribution is 6.36. The Bertz CT molecular complexity index is 1060. The minimum Gasteiger partial charge on any atom is -0.361 e. The topological polar surface area (TPSA) is 57.3 Å². The van der Waals surface area contributed by atoms with Crippen LogP contribution in [0.3, 0.4) is 0 Å². The fraction of sp³-hybridized carbons (Fsp3) is 0.375. The SMILES string of the molecule is C=C(c1cccc2cccc(Cl)c12)N1CC2=C(C1)N(C)C(OC)N=C2N(CC)CCN. The average Bonchev–Trinajstić information content (AvgIpc) is 3.23. The number of aliphatic imine (C=N–C) groups is 1. The van der Waals surface area contributed by atoms with Crippen LogP contribution in [0, 0.1) is 0 Å². The highest BCUT2D eigenvalue weighted by Crippen LogP contribution is 2.36. The van der Waals surface area contributed by atoms with Gasteiger partial charge in [0.05, 0.1) is 6.54 Å². The predicted octanol–water partition coefficient (Wildman–Crippen LogP) is 3.59. The van der Waals surface area contributed by atoms with E-state index in [2.05, 4.69) is 52.5 Å². The van der Waals surface area contributed by atoms with Crippen molar-refractivity contribution in [1.82, 2.24) is 14.7 Å². The van der Waals surface area contributed by atoms with E-state index in [9.17, 15) is 0 Å². The van der Waals surface area contributed by atoms with Gasteiger partial charge < -0.3 is 25.2 Å². The van der Waals surface area contributed by atoms with Crippen LogP contribution in [0.4, 0.5) is 0 Å². The molecule has 0 bridgehead atoms. The summed E-state index contributed by atoms with van der Waals surface area (Å²) >= 11 is 6.58. The molecule has 0 amide bonds. The minimum absolute atomic E-state index is 0.346. The van der Waals surface area contributed by atoms with Crippen molar-refractivity contribution in [3.05, 3.63) is 64.8 Å². The monoisotopic (exact) mass is 439 g/mol. The van der Waals surface area contributed by atoms with Crippen LogP contribution in [-0.4, -0.2) is 73.8 Å². The standard InChI is InChI=1S/C24H30ClN5O/c1-5-29(13-12-26)23-19-14-30(15-21(19)28(3)24(27-23)31-4)16(2)18-10-6-8-17-9-7-11-20(25)22(17)18/h6-11,24H,2,5,12-15,26H2,1,3-4H3. The summed E-state index contributed by atoms with van der Waals surface area (Å²) in [6, 6.07) is 12.2. The molecule has 7 heteroatoms. The molecule has 0 spiro atoms. The van der Waals surface area contributed by atoms with Gasteiger partial charge in [-0.1, -0.05) is 48.5 Å². The normalized spacial score (nSPS) is 18.5. The number of halogens is 1. The molecular formula is C24H30ClN5O. The van der Waals surface area contributed by atoms with Crippen LogP contribution in [0.5, 0.6) is 0 Å². The number of benzene rings is 2. The molecule has 0 saturated carbocycles. The van der Waals surface area contributed by atoms with Crippen LogP contribution >= 0.6 is 11.6 Å². The Morgan fingerprint density at radius 2 is 2.03 bits per heavy atom. The Hall–Kier alpha value is -2.54. The summed E-state index contributed by atoms with van der Waals surface area (Å²) in [5.41, 5.74) is 10.3. The number of nitrogens with zero attached hydrogens (tertiary/aromatic N) is 4. The number of hydrogen-bond acceptors (Lipinski definition) is 6. The van der Waals surface area contributed by atoms with Crippen molar-refractivity contribution in [3.8, 4) is 0 Å². The molecule has 0 fully saturated rings. The van der Waals surface area contributed by atoms with Crippen molar-refractivity contribution in [2.75, 3.05) is 46.9 Å². The maximum atomic E-state index is 6.58. The molecular weight excluding hydrogens is 410 g/mol. The van der Waals surface area contributed by atoms with Crippen LogP contribution in [0.2, 0.25) is 5.02 Å². The Kier molecular flexibility index (Phi) is 6.23. The van der Waals surface area contributed by atoms with Crippen molar-refractivity contribution in [3.63, 3.8) is 0 Å². The van der Waals surface area contributed by atoms with Gasteiger partial charge in [0.2, 0.25) is 6.35 Å². The van der Waals surface area contributed by atoms with Gasteiger partial charge in [-0.2, -0.15) is 0 Å². The lowest BCUT2D eigenvalue weighted by Gasteiger charge is -2.35. The number of likely N-dealkylation sites (N-methyl/N-ethyl adjacent to an activating group) is 2. The summed E-state index contributed by atoms with van der Waals surface area (Å²) in [7, 11) is 3.72. The van der Waals surface area contributed by atoms with Crippen LogP contribution in [0.1, 0.15) is 12.5 Å². The number of ether oxygens (including phenoxy) is 1. The summed E-state index contributed by atoms with van der Waals surface area (Å²) in [4.78, 5) is 11.5. The molecule has 2 aromatic carbocycles. The van der Waals surface area contributed by atoms with Gasteiger partial charge in [-0.05, 0) is 18.4 Å². The number of fused-ring (bicyclic) bond motifs is 1. The number of rotatable bonds is 6. The molecule has 1 unspecified atom stereocenters. The van der Waals surface area contributed by atoms with E-state index in [1.54, 1.807) is 7.11 Å². The third-order valence-corrected chi connectivity index (χ3v) is 6.45. The first-order valence-electron chi connectivity index (χ1n) is 10.6. The van der Waals surface area contributed by atoms with Gasteiger partial charge in [0, 0.05) is 73.3 Å². The number of amidine groups is 1. The van der Waals surface area contributed by atoms with E-state index >= 15 is 0 Å². The number of methoxy groups -OCH3 is 1. The Balaban J connectivity index is 1.68. The molecule has 0 saturated heterocycles. The minimum atomic E-state index is -0.346. The van der Waals surface area contributed by atoms with Crippen molar-refractivity contribution < 1.29 is 4.74 Å². The van der Waals surface area contributed by atoms with Gasteiger partial charge in [0.1, 0.15) is 5.84 Å². The molecule has 4 rings (SSSR count). The first-order chi connectivity index (χ1) is 15.0. The Morgan fingerprint density at radius 1 is 1.29 bits per heavy atom. The lowest BCUT2D eigenvalue weighted by atomic mass is 10.0. The molecule has 2 aromatic rings. The van der Waals surface area contributed by atoms with E-state index < -0.39 is 0 Å². The van der Waals surface area contributed by atoms with Crippen molar-refractivity contribution >= 4 is 33.9 Å². The van der Waals surface area contributed by atoms with Crippen molar-refractivity contribution in [1.29, 1.82) is 0 Å². The van der Waals surface area contributed by atoms with Gasteiger partial charge in [-0.15, -0.1) is 0 Å². The van der Waals surface area contributed by atoms with Crippen LogP contribution < -0.4 is 5.73 Å². The molecule has 0 aliphatic carbocycles. The van der Waals surface area contributed by atoms with E-state index in [0.717, 1.165) is 59.1 Å². The average molecular weight is 440 g/mol. The quantitative estimate of drug-likeness (QED) is 0.745. The summed E-state index contributed by atoms with van der Waals surface area (Å²) in [6.07, 6.45) is -0.346. The van der Waals surface area contributed by atoms with Gasteiger partial charge in [-0.25, -0.2) is 4.99 Å². The molecule has 1 atom stereocenters. The summed E-state index contributed by atoms with van der Waals surface area (Å²) in [6.45, 7) is 10.2. The molecule has 2 aliphatic heterocycles. The molecule has 31 heavy (non-hydrogen) atoms. The predicted molar refractivity (Wildman–Crippen MR) is 129 cm³/mol. The summed E-state index contributed by atoms with van der Waals surface area (Å²) in [5, 5.41) is 2.89. The van der Waals surface area contributed by atoms with E-state index in [0.29, 0.717) is 6.54 Å². The first-order valence-corrected chi connectivity index (χ1v) is 11.0. The van der Waals surface area contributed by atoms with Crippen LogP contribution in [0.25, 0.3) is 16.5 Å². The lowest BCUT2D eigenvalue weighted by Crippen LogP contribution is -2.44. The smallest absolute Gasteiger partial charge is 0.229 e. The number of hydrogen-bond donors (Lipinski definition) is 1. The Labute approximate surface area is 189 Å². The first kappa shape index (κ1) is 21.7. The highest BCUT2D eigenvalue weighted by Gasteiger charge is 2.36. The summed E-state index contributed by atoms with van der Waals surface area (Å²) < 4.78 is 5.66. The second kappa shape index (κ2) is 8.91. The second-order valence-electron chi connectivity index (χ2n) is 7.87. The molecule has 164 valence electrons. The van der Waals surface area contributed by atoms with E-state index in [-0.39, 0.29) is 6.35 Å². The zero-order valence-electron chi connectivity index (χ0n) is 18.4. The maximum Gasteiger partial charge on any atom is 0.229 e. The molecule has 0 aromatic heterocycles. The van der Waals surface area contributed by atoms with Crippen molar-refractivity contribution in [2.45, 2.75) is 13.3 Å². The molecule has 2 aliphatic rings. The van der Waals surface area contributed by atoms with Gasteiger partial charge >= 0.3 is 0 Å². The lowest BCUT2D eigenvalue weighted by molar-refractivity contribution is 0.00403. The Morgan fingerprint density at radius 3 is 2.71 bits per heavy atom. The van der Waals surface area contributed by atoms with Crippen LogP contribution in [0.15, 0.2) is 59.2 Å². The van der Waals surface area contributed by atoms with Gasteiger partial charge in [-0.3, -0.25) is 0 Å². The van der Waals surface area contributed by atoms with E-state index in [4.69, 9.17) is 27.1 Å². The van der Waals surface area contributed by atoms with Crippen LogP contribution in [-0.2, 0) is 4.74 Å². The fourth-order valence-corrected chi connectivity index (χ4v) is 4.77. The third-order valence-electron chi connectivity index (χ3n) is 6.14.